The molecule has 222 valence electrons. The molecule has 4 saturated carbocycles. The minimum absolute atomic E-state index is 0.653. The lowest BCUT2D eigenvalue weighted by molar-refractivity contribution is -0.0846. The maximum atomic E-state index is 8.20. The second-order valence-electron chi connectivity index (χ2n) is 14.8. The topological polar surface area (TPSA) is 23.8 Å². The molecule has 1 nitrogen and oxygen atoms in total. The SMILES string of the molecule is C=C.CCC.CCC(C)C1CC[C@H]2[C@@H]3CCC4C[C@@](C)(CC(C)C)CCC4[C@H]3CC[C@]12C.N#CC1=CCC=C1. The van der Waals surface area contributed by atoms with Crippen molar-refractivity contribution < 1.29 is 0 Å². The lowest BCUT2D eigenvalue weighted by atomic mass is 9.47. The molecule has 0 N–H and O–H groups in total. The number of fused-ring (bicyclic) bond motifs is 5. The predicted molar refractivity (Wildman–Crippen MR) is 172 cm³/mol. The summed E-state index contributed by atoms with van der Waals surface area (Å²) in [6.45, 7) is 25.5. The van der Waals surface area contributed by atoms with Crippen molar-refractivity contribution in [2.75, 3.05) is 0 Å². The van der Waals surface area contributed by atoms with Crippen LogP contribution >= 0.6 is 0 Å². The monoisotopic (exact) mass is 536 g/mol. The van der Waals surface area contributed by atoms with Crippen molar-refractivity contribution in [1.82, 2.24) is 0 Å². The number of allylic oxidation sites excluding steroid dienone is 4. The van der Waals surface area contributed by atoms with Gasteiger partial charge in [0.25, 0.3) is 0 Å². The molecule has 5 aliphatic carbocycles. The molecule has 0 aromatic heterocycles. The standard InChI is InChI=1S/C27H48.C6H5N.C3H8.C2H4/c1-7-19(4)24-10-11-25-23-9-8-20-17-26(5,16-18(2)3)14-12-21(20)22(23)13-15-27(24,25)6;7-5-6-3-1-2-4-6;1-3-2;1-2/h18-25H,7-17H2,1-6H3;1,3-4H,2H2;3H2,1-2H3;1-2H2/t19?,20?,21?,22-,23-,24?,25+,26-,27-;;;/m1.../s1. The second-order valence-corrected chi connectivity index (χ2v) is 14.8. The Morgan fingerprint density at radius 2 is 1.59 bits per heavy atom. The third-order valence-corrected chi connectivity index (χ3v) is 11.6. The van der Waals surface area contributed by atoms with Gasteiger partial charge in [0.1, 0.15) is 0 Å². The van der Waals surface area contributed by atoms with Crippen LogP contribution in [0.15, 0.2) is 37.0 Å². The average molecular weight is 536 g/mol. The van der Waals surface area contributed by atoms with E-state index in [1.165, 1.54) is 25.7 Å². The van der Waals surface area contributed by atoms with Crippen molar-refractivity contribution in [1.29, 1.82) is 5.26 Å². The van der Waals surface area contributed by atoms with Crippen LogP contribution in [0.1, 0.15) is 139 Å². The predicted octanol–water partition coefficient (Wildman–Crippen LogP) is 12.0. The van der Waals surface area contributed by atoms with Crippen molar-refractivity contribution >= 4 is 0 Å². The Labute approximate surface area is 245 Å². The summed E-state index contributed by atoms with van der Waals surface area (Å²) in [5.74, 6) is 8.26. The van der Waals surface area contributed by atoms with E-state index in [0.29, 0.717) is 10.8 Å². The summed E-state index contributed by atoms with van der Waals surface area (Å²) in [5.41, 5.74) is 2.13. The lowest BCUT2D eigenvalue weighted by Gasteiger charge is -2.58. The minimum atomic E-state index is 0.653. The van der Waals surface area contributed by atoms with Gasteiger partial charge in [-0.1, -0.05) is 80.4 Å². The largest absolute Gasteiger partial charge is 0.192 e. The van der Waals surface area contributed by atoms with Gasteiger partial charge in [-0.25, -0.2) is 0 Å². The Hall–Kier alpha value is -1.29. The molecule has 0 aromatic carbocycles. The molecule has 1 heteroatoms. The molecule has 0 saturated heterocycles. The highest BCUT2D eigenvalue weighted by Crippen LogP contribution is 2.66. The first-order valence-electron chi connectivity index (χ1n) is 16.9. The summed E-state index contributed by atoms with van der Waals surface area (Å²) < 4.78 is 0. The van der Waals surface area contributed by atoms with Crippen molar-refractivity contribution in [2.24, 2.45) is 58.2 Å². The van der Waals surface area contributed by atoms with Crippen LogP contribution in [0.2, 0.25) is 0 Å². The van der Waals surface area contributed by atoms with E-state index in [1.54, 1.807) is 51.4 Å². The maximum Gasteiger partial charge on any atom is 0.0988 e. The van der Waals surface area contributed by atoms with Crippen LogP contribution in [-0.2, 0) is 0 Å². The molecular formula is C38H65N. The summed E-state index contributed by atoms with van der Waals surface area (Å²) >= 11 is 0. The van der Waals surface area contributed by atoms with Crippen LogP contribution in [0.5, 0.6) is 0 Å². The number of nitrogens with zero attached hydrogens (tertiary/aromatic N) is 1. The van der Waals surface area contributed by atoms with E-state index in [9.17, 15) is 0 Å². The quantitative estimate of drug-likeness (QED) is 0.328. The van der Waals surface area contributed by atoms with E-state index in [0.717, 1.165) is 59.3 Å². The Morgan fingerprint density at radius 3 is 2.13 bits per heavy atom. The summed E-state index contributed by atoms with van der Waals surface area (Å²) in [4.78, 5) is 0. The fourth-order valence-electron chi connectivity index (χ4n) is 10.2. The molecule has 0 spiro atoms. The third-order valence-electron chi connectivity index (χ3n) is 11.6. The van der Waals surface area contributed by atoms with E-state index in [1.807, 2.05) is 24.3 Å². The van der Waals surface area contributed by atoms with Gasteiger partial charge in [0, 0.05) is 5.57 Å². The summed E-state index contributed by atoms with van der Waals surface area (Å²) in [6, 6.07) is 2.04. The first-order valence-corrected chi connectivity index (χ1v) is 16.9. The summed E-state index contributed by atoms with van der Waals surface area (Å²) in [7, 11) is 0. The molecule has 0 radical (unpaired) electrons. The van der Waals surface area contributed by atoms with E-state index >= 15 is 0 Å². The van der Waals surface area contributed by atoms with Crippen LogP contribution in [0, 0.1) is 69.5 Å². The van der Waals surface area contributed by atoms with Crippen LogP contribution in [-0.4, -0.2) is 0 Å². The Bertz CT molecular complexity index is 828. The van der Waals surface area contributed by atoms with Crippen molar-refractivity contribution in [2.45, 2.75) is 139 Å². The van der Waals surface area contributed by atoms with Crippen LogP contribution in [0.4, 0.5) is 0 Å². The number of hydrogen-bond acceptors (Lipinski definition) is 1. The molecule has 0 aliphatic heterocycles. The van der Waals surface area contributed by atoms with Gasteiger partial charge in [0.2, 0.25) is 0 Å². The molecule has 4 fully saturated rings. The molecule has 0 aromatic rings. The summed E-state index contributed by atoms with van der Waals surface area (Å²) in [6.07, 6.45) is 24.8. The highest BCUT2D eigenvalue weighted by molar-refractivity contribution is 5.37. The number of rotatable bonds is 4. The molecule has 9 atom stereocenters. The highest BCUT2D eigenvalue weighted by Gasteiger charge is 2.58. The summed E-state index contributed by atoms with van der Waals surface area (Å²) in [5, 5.41) is 8.20. The zero-order chi connectivity index (χ0) is 29.2. The molecule has 39 heavy (non-hydrogen) atoms. The zero-order valence-electron chi connectivity index (χ0n) is 27.4. The van der Waals surface area contributed by atoms with Gasteiger partial charge in [-0.2, -0.15) is 5.26 Å². The Balaban J connectivity index is 0.000000374. The Kier molecular flexibility index (Phi) is 13.6. The Morgan fingerprint density at radius 1 is 0.923 bits per heavy atom. The fraction of sp³-hybridized carbons (Fsp3) is 0.816. The first-order chi connectivity index (χ1) is 18.6. The van der Waals surface area contributed by atoms with E-state index in [2.05, 4.69) is 68.5 Å². The molecule has 5 aliphatic rings. The molecule has 4 unspecified atom stereocenters. The van der Waals surface area contributed by atoms with Gasteiger partial charge in [-0.15, -0.1) is 13.2 Å². The molecule has 0 bridgehead atoms. The third kappa shape index (κ3) is 8.14. The van der Waals surface area contributed by atoms with Crippen molar-refractivity contribution in [3.05, 3.63) is 37.0 Å². The first kappa shape index (κ1) is 33.9. The normalized spacial score (nSPS) is 38.6. The molecular weight excluding hydrogens is 470 g/mol. The molecule has 5 rings (SSSR count). The minimum Gasteiger partial charge on any atom is -0.192 e. The number of hydrogen-bond donors (Lipinski definition) is 0. The van der Waals surface area contributed by atoms with E-state index in [-0.39, 0.29) is 0 Å². The van der Waals surface area contributed by atoms with Crippen LogP contribution in [0.3, 0.4) is 0 Å². The molecule has 0 amide bonds. The van der Waals surface area contributed by atoms with Crippen molar-refractivity contribution in [3.8, 4) is 6.07 Å². The van der Waals surface area contributed by atoms with Gasteiger partial charge in [-0.3, -0.25) is 0 Å². The highest BCUT2D eigenvalue weighted by atomic mass is 14.6. The van der Waals surface area contributed by atoms with Gasteiger partial charge in [-0.05, 0) is 135 Å². The van der Waals surface area contributed by atoms with Gasteiger partial charge >= 0.3 is 0 Å². The van der Waals surface area contributed by atoms with Gasteiger partial charge < -0.3 is 0 Å². The second kappa shape index (κ2) is 15.6. The van der Waals surface area contributed by atoms with Gasteiger partial charge in [0.05, 0.1) is 6.07 Å². The fourth-order valence-corrected chi connectivity index (χ4v) is 10.2. The number of nitriles is 1. The zero-order valence-corrected chi connectivity index (χ0v) is 27.4. The average Bonchev–Trinajstić information content (AvgIpc) is 3.57. The van der Waals surface area contributed by atoms with E-state index in [4.69, 9.17) is 5.26 Å². The van der Waals surface area contributed by atoms with Gasteiger partial charge in [0.15, 0.2) is 0 Å². The van der Waals surface area contributed by atoms with Crippen LogP contribution in [0.25, 0.3) is 0 Å². The lowest BCUT2D eigenvalue weighted by Crippen LogP contribution is -2.50. The molecule has 0 heterocycles. The van der Waals surface area contributed by atoms with Crippen LogP contribution < -0.4 is 0 Å². The van der Waals surface area contributed by atoms with Crippen molar-refractivity contribution in [3.63, 3.8) is 0 Å². The van der Waals surface area contributed by atoms with E-state index < -0.39 is 0 Å². The smallest absolute Gasteiger partial charge is 0.0988 e. The maximum absolute atomic E-state index is 8.20.